The summed E-state index contributed by atoms with van der Waals surface area (Å²) >= 11 is 0. The van der Waals surface area contributed by atoms with E-state index in [1.807, 2.05) is 0 Å². The van der Waals surface area contributed by atoms with Crippen LogP contribution in [0.3, 0.4) is 0 Å². The molecule has 0 bridgehead atoms. The second-order valence-corrected chi connectivity index (χ2v) is 4.65. The van der Waals surface area contributed by atoms with Crippen molar-refractivity contribution in [1.29, 1.82) is 0 Å². The summed E-state index contributed by atoms with van der Waals surface area (Å²) in [6.45, 7) is 1.02. The number of benzene rings is 2. The van der Waals surface area contributed by atoms with Crippen molar-refractivity contribution in [3.8, 4) is 0 Å². The Morgan fingerprint density at radius 3 is 2.14 bits per heavy atom. The molecule has 0 fully saturated rings. The van der Waals surface area contributed by atoms with Crippen molar-refractivity contribution in [1.82, 2.24) is 0 Å². The number of hydrogen-bond donors (Lipinski definition) is 2. The predicted octanol–water partition coefficient (Wildman–Crippen LogP) is 2.25. The van der Waals surface area contributed by atoms with Crippen molar-refractivity contribution in [2.75, 3.05) is 18.4 Å². The van der Waals surface area contributed by atoms with Gasteiger partial charge in [-0.3, -0.25) is 9.59 Å². The van der Waals surface area contributed by atoms with E-state index in [0.717, 1.165) is 0 Å². The highest BCUT2D eigenvalue weighted by atomic mass is 35.5. The normalized spacial score (nSPS) is 12.2. The summed E-state index contributed by atoms with van der Waals surface area (Å²) in [4.78, 5) is 25.1. The molecule has 2 aromatic carbocycles. The Morgan fingerprint density at radius 2 is 1.48 bits per heavy atom. The minimum atomic E-state index is -0.115. The molecule has 0 amide bonds. The van der Waals surface area contributed by atoms with Crippen LogP contribution >= 0.6 is 12.4 Å². The largest absolute Gasteiger partial charge is 0.383 e. The van der Waals surface area contributed by atoms with E-state index in [-0.39, 0.29) is 24.0 Å². The van der Waals surface area contributed by atoms with E-state index in [0.29, 0.717) is 41.0 Å². The van der Waals surface area contributed by atoms with Crippen molar-refractivity contribution < 1.29 is 9.59 Å². The van der Waals surface area contributed by atoms with Crippen LogP contribution in [0.2, 0.25) is 0 Å². The van der Waals surface area contributed by atoms with Gasteiger partial charge in [0.05, 0.1) is 5.56 Å². The molecular formula is C16H15ClN2O2. The lowest BCUT2D eigenvalue weighted by molar-refractivity contribution is 0.0979. The Labute approximate surface area is 128 Å². The van der Waals surface area contributed by atoms with Crippen LogP contribution in [0.1, 0.15) is 31.8 Å². The van der Waals surface area contributed by atoms with Crippen LogP contribution in [-0.4, -0.2) is 24.7 Å². The number of carbonyl (C=O) groups is 2. The maximum atomic E-state index is 12.6. The number of anilines is 1. The van der Waals surface area contributed by atoms with Crippen molar-refractivity contribution in [3.63, 3.8) is 0 Å². The van der Waals surface area contributed by atoms with E-state index in [4.69, 9.17) is 5.73 Å². The van der Waals surface area contributed by atoms with Crippen LogP contribution in [0.15, 0.2) is 42.5 Å². The van der Waals surface area contributed by atoms with Gasteiger partial charge in [0.2, 0.25) is 0 Å². The van der Waals surface area contributed by atoms with E-state index in [1.54, 1.807) is 42.5 Å². The molecule has 4 nitrogen and oxygen atoms in total. The van der Waals surface area contributed by atoms with Crippen LogP contribution in [0.5, 0.6) is 0 Å². The third kappa shape index (κ3) is 2.44. The molecule has 1 aliphatic carbocycles. The molecule has 2 aromatic rings. The monoisotopic (exact) mass is 302 g/mol. The highest BCUT2D eigenvalue weighted by Crippen LogP contribution is 2.31. The third-order valence-electron chi connectivity index (χ3n) is 3.41. The second-order valence-electron chi connectivity index (χ2n) is 4.65. The van der Waals surface area contributed by atoms with E-state index in [1.165, 1.54) is 0 Å². The zero-order valence-electron chi connectivity index (χ0n) is 11.3. The Bertz CT molecular complexity index is 713. The van der Waals surface area contributed by atoms with Gasteiger partial charge < -0.3 is 11.1 Å². The minimum absolute atomic E-state index is 0. The highest BCUT2D eigenvalue weighted by molar-refractivity contribution is 6.30. The van der Waals surface area contributed by atoms with E-state index >= 15 is 0 Å². The Hall–Kier alpha value is -2.17. The highest BCUT2D eigenvalue weighted by Gasteiger charge is 2.30. The average Bonchev–Trinajstić information content (AvgIpc) is 2.50. The molecule has 0 spiro atoms. The van der Waals surface area contributed by atoms with Crippen molar-refractivity contribution in [2.24, 2.45) is 5.73 Å². The fraction of sp³-hybridized carbons (Fsp3) is 0.125. The van der Waals surface area contributed by atoms with Gasteiger partial charge in [-0.15, -0.1) is 12.4 Å². The van der Waals surface area contributed by atoms with Crippen LogP contribution in [0, 0.1) is 0 Å². The summed E-state index contributed by atoms with van der Waals surface area (Å²) in [5.41, 5.74) is 7.99. The molecule has 3 N–H and O–H groups in total. The van der Waals surface area contributed by atoms with Crippen LogP contribution in [-0.2, 0) is 0 Å². The van der Waals surface area contributed by atoms with Crippen molar-refractivity contribution in [3.05, 3.63) is 64.7 Å². The number of nitrogens with two attached hydrogens (primary N) is 1. The molecule has 0 saturated heterocycles. The first-order valence-corrected chi connectivity index (χ1v) is 6.49. The number of nitrogens with one attached hydrogen (secondary N) is 1. The van der Waals surface area contributed by atoms with Crippen molar-refractivity contribution >= 4 is 29.7 Å². The Kier molecular flexibility index (Phi) is 4.40. The average molecular weight is 303 g/mol. The molecule has 0 aromatic heterocycles. The van der Waals surface area contributed by atoms with Gasteiger partial charge in [0.1, 0.15) is 0 Å². The van der Waals surface area contributed by atoms with Crippen LogP contribution < -0.4 is 11.1 Å². The van der Waals surface area contributed by atoms with Gasteiger partial charge in [0.25, 0.3) is 0 Å². The zero-order chi connectivity index (χ0) is 14.1. The fourth-order valence-electron chi connectivity index (χ4n) is 2.50. The molecule has 0 unspecified atom stereocenters. The maximum Gasteiger partial charge on any atom is 0.196 e. The first-order chi connectivity index (χ1) is 9.74. The third-order valence-corrected chi connectivity index (χ3v) is 3.41. The van der Waals surface area contributed by atoms with Gasteiger partial charge in [-0.05, 0) is 6.07 Å². The summed E-state index contributed by atoms with van der Waals surface area (Å²) in [5.74, 6) is -0.220. The summed E-state index contributed by atoms with van der Waals surface area (Å²) in [6.07, 6.45) is 0. The lowest BCUT2D eigenvalue weighted by Crippen LogP contribution is -2.23. The number of carbonyl (C=O) groups excluding carboxylic acids is 2. The Balaban J connectivity index is 0.00000161. The number of halogens is 1. The maximum absolute atomic E-state index is 12.6. The van der Waals surface area contributed by atoms with E-state index < -0.39 is 0 Å². The van der Waals surface area contributed by atoms with Gasteiger partial charge in [0.15, 0.2) is 11.6 Å². The molecule has 0 saturated carbocycles. The predicted molar refractivity (Wildman–Crippen MR) is 84.5 cm³/mol. The Morgan fingerprint density at radius 1 is 0.857 bits per heavy atom. The summed E-state index contributed by atoms with van der Waals surface area (Å²) in [7, 11) is 0. The molecule has 5 heteroatoms. The van der Waals surface area contributed by atoms with E-state index in [2.05, 4.69) is 5.32 Å². The number of rotatable bonds is 3. The second kappa shape index (κ2) is 6.08. The topological polar surface area (TPSA) is 72.2 Å². The molecular weight excluding hydrogens is 288 g/mol. The summed E-state index contributed by atoms with van der Waals surface area (Å²) in [6, 6.07) is 12.2. The summed E-state index contributed by atoms with van der Waals surface area (Å²) < 4.78 is 0. The molecule has 108 valence electrons. The molecule has 3 rings (SSSR count). The molecule has 0 aliphatic heterocycles. The molecule has 21 heavy (non-hydrogen) atoms. The smallest absolute Gasteiger partial charge is 0.196 e. The molecule has 0 radical (unpaired) electrons. The van der Waals surface area contributed by atoms with Crippen LogP contribution in [0.25, 0.3) is 0 Å². The number of hydrogen-bond acceptors (Lipinski definition) is 4. The quantitative estimate of drug-likeness (QED) is 0.778. The lowest BCUT2D eigenvalue weighted by atomic mass is 9.83. The fourth-order valence-corrected chi connectivity index (χ4v) is 2.50. The SMILES string of the molecule is Cl.NCCNc1cccc2c1C(=O)c1ccccc1C2=O. The van der Waals surface area contributed by atoms with Gasteiger partial charge in [0, 0.05) is 35.5 Å². The number of ketones is 2. The molecule has 0 heterocycles. The van der Waals surface area contributed by atoms with Gasteiger partial charge in [-0.25, -0.2) is 0 Å². The van der Waals surface area contributed by atoms with Gasteiger partial charge >= 0.3 is 0 Å². The van der Waals surface area contributed by atoms with Crippen LogP contribution in [0.4, 0.5) is 5.69 Å². The van der Waals surface area contributed by atoms with Gasteiger partial charge in [-0.2, -0.15) is 0 Å². The van der Waals surface area contributed by atoms with Crippen molar-refractivity contribution in [2.45, 2.75) is 0 Å². The zero-order valence-corrected chi connectivity index (χ0v) is 12.1. The minimum Gasteiger partial charge on any atom is -0.383 e. The molecule has 1 aliphatic rings. The first kappa shape index (κ1) is 15.2. The van der Waals surface area contributed by atoms with E-state index in [9.17, 15) is 9.59 Å². The first-order valence-electron chi connectivity index (χ1n) is 6.49. The molecule has 0 atom stereocenters. The lowest BCUT2D eigenvalue weighted by Gasteiger charge is -2.20. The summed E-state index contributed by atoms with van der Waals surface area (Å²) in [5, 5.41) is 3.11. The standard InChI is InChI=1S/C16H14N2O2.ClH/c17-8-9-18-13-7-3-6-12-14(13)16(20)11-5-2-1-4-10(11)15(12)19;/h1-7,18H,8-9,17H2;1H. The number of fused-ring (bicyclic) bond motifs is 2. The van der Waals surface area contributed by atoms with Gasteiger partial charge in [-0.1, -0.05) is 36.4 Å².